The lowest BCUT2D eigenvalue weighted by Gasteiger charge is -1.89. The summed E-state index contributed by atoms with van der Waals surface area (Å²) in [6.45, 7) is 7.22. The normalized spacial score (nSPS) is 8.14. The van der Waals surface area contributed by atoms with Crippen LogP contribution in [0.15, 0.2) is 24.8 Å². The maximum Gasteiger partial charge on any atom is 0.0471 e. The average molecular weight is 98.1 g/mol. The van der Waals surface area contributed by atoms with Crippen molar-refractivity contribution in [1.29, 1.82) is 0 Å². The summed E-state index contributed by atoms with van der Waals surface area (Å²) in [5.41, 5.74) is 0.891. The number of allylic oxidation sites excluding steroid dienone is 1. The summed E-state index contributed by atoms with van der Waals surface area (Å²) < 4.78 is 0. The zero-order valence-electron chi connectivity index (χ0n) is 4.35. The van der Waals surface area contributed by atoms with Crippen LogP contribution >= 0.6 is 0 Å². The Balaban J connectivity index is 3.17. The summed E-state index contributed by atoms with van der Waals surface area (Å²) in [5.74, 6) is 0. The molecule has 0 bridgehead atoms. The molecule has 0 aliphatic rings. The first-order valence-corrected chi connectivity index (χ1v) is 2.22. The van der Waals surface area contributed by atoms with E-state index >= 15 is 0 Å². The third kappa shape index (κ3) is 3.27. The number of hydrogen-bond acceptors (Lipinski definition) is 1. The highest BCUT2D eigenvalue weighted by Gasteiger charge is 1.80. The van der Waals surface area contributed by atoms with Crippen molar-refractivity contribution in [3.05, 3.63) is 24.8 Å². The summed E-state index contributed by atoms with van der Waals surface area (Å²) in [6, 6.07) is 0. The standard InChI is InChI=1S/C6H10O/c1-3-6(2)4-5-7/h3,7H,1-2,4-5H2. The first kappa shape index (κ1) is 6.44. The predicted molar refractivity (Wildman–Crippen MR) is 31.0 cm³/mol. The first-order chi connectivity index (χ1) is 3.31. The number of hydrogen-bond donors (Lipinski definition) is 1. The van der Waals surface area contributed by atoms with Crippen molar-refractivity contribution >= 4 is 0 Å². The zero-order valence-corrected chi connectivity index (χ0v) is 4.35. The molecule has 0 aromatic rings. The zero-order chi connectivity index (χ0) is 5.70. The molecule has 0 saturated heterocycles. The summed E-state index contributed by atoms with van der Waals surface area (Å²) >= 11 is 0. The Labute approximate surface area is 44.0 Å². The number of aliphatic hydroxyl groups is 1. The van der Waals surface area contributed by atoms with Gasteiger partial charge in [0.25, 0.3) is 0 Å². The summed E-state index contributed by atoms with van der Waals surface area (Å²) in [4.78, 5) is 0. The van der Waals surface area contributed by atoms with Crippen molar-refractivity contribution in [3.63, 3.8) is 0 Å². The van der Waals surface area contributed by atoms with Crippen molar-refractivity contribution in [2.75, 3.05) is 6.61 Å². The number of aliphatic hydroxyl groups excluding tert-OH is 1. The molecular formula is C6H10O. The van der Waals surface area contributed by atoms with Gasteiger partial charge in [-0.3, -0.25) is 0 Å². The minimum atomic E-state index is 0.171. The monoisotopic (exact) mass is 98.1 g/mol. The quantitative estimate of drug-likeness (QED) is 0.524. The van der Waals surface area contributed by atoms with Crippen LogP contribution in [0.1, 0.15) is 6.42 Å². The SMILES string of the molecule is C=CC(=C)CCO. The molecule has 0 amide bonds. The molecule has 0 spiro atoms. The van der Waals surface area contributed by atoms with Gasteiger partial charge < -0.3 is 5.11 Å². The molecule has 0 rings (SSSR count). The van der Waals surface area contributed by atoms with Gasteiger partial charge in [-0.25, -0.2) is 0 Å². The van der Waals surface area contributed by atoms with Crippen LogP contribution in [0.2, 0.25) is 0 Å². The fourth-order valence-electron chi connectivity index (χ4n) is 0.246. The van der Waals surface area contributed by atoms with Gasteiger partial charge in [0.2, 0.25) is 0 Å². The topological polar surface area (TPSA) is 20.2 Å². The number of rotatable bonds is 3. The fraction of sp³-hybridized carbons (Fsp3) is 0.333. The van der Waals surface area contributed by atoms with Crippen molar-refractivity contribution < 1.29 is 5.11 Å². The van der Waals surface area contributed by atoms with Gasteiger partial charge in [-0.15, -0.1) is 0 Å². The maximum atomic E-state index is 8.26. The molecule has 7 heavy (non-hydrogen) atoms. The highest BCUT2D eigenvalue weighted by Crippen LogP contribution is 1.94. The van der Waals surface area contributed by atoms with E-state index in [0.717, 1.165) is 5.57 Å². The largest absolute Gasteiger partial charge is 0.396 e. The molecule has 40 valence electrons. The molecular weight excluding hydrogens is 88.1 g/mol. The molecule has 0 unspecified atom stereocenters. The van der Waals surface area contributed by atoms with Crippen LogP contribution < -0.4 is 0 Å². The van der Waals surface area contributed by atoms with Crippen LogP contribution in [-0.4, -0.2) is 11.7 Å². The Bertz CT molecular complexity index is 74.2. The van der Waals surface area contributed by atoms with E-state index in [1.54, 1.807) is 6.08 Å². The summed E-state index contributed by atoms with van der Waals surface area (Å²) in [7, 11) is 0. The molecule has 0 heterocycles. The van der Waals surface area contributed by atoms with Gasteiger partial charge in [0.15, 0.2) is 0 Å². The predicted octanol–water partition coefficient (Wildman–Crippen LogP) is 1.11. The van der Waals surface area contributed by atoms with Crippen LogP contribution in [0.25, 0.3) is 0 Å². The van der Waals surface area contributed by atoms with E-state index in [0.29, 0.717) is 6.42 Å². The molecule has 0 atom stereocenters. The fourth-order valence-corrected chi connectivity index (χ4v) is 0.246. The molecule has 0 aromatic carbocycles. The molecule has 1 N–H and O–H groups in total. The minimum absolute atomic E-state index is 0.171. The molecule has 0 fully saturated rings. The second kappa shape index (κ2) is 3.62. The molecule has 0 aliphatic heterocycles. The molecule has 1 nitrogen and oxygen atoms in total. The van der Waals surface area contributed by atoms with Gasteiger partial charge >= 0.3 is 0 Å². The third-order valence-electron chi connectivity index (χ3n) is 0.722. The molecule has 0 radical (unpaired) electrons. The van der Waals surface area contributed by atoms with Gasteiger partial charge in [-0.05, 0) is 6.42 Å². The Morgan fingerprint density at radius 2 is 2.29 bits per heavy atom. The van der Waals surface area contributed by atoms with E-state index in [9.17, 15) is 0 Å². The van der Waals surface area contributed by atoms with E-state index in [2.05, 4.69) is 13.2 Å². The van der Waals surface area contributed by atoms with Gasteiger partial charge in [0.1, 0.15) is 0 Å². The van der Waals surface area contributed by atoms with Crippen molar-refractivity contribution in [2.24, 2.45) is 0 Å². The smallest absolute Gasteiger partial charge is 0.0471 e. The first-order valence-electron chi connectivity index (χ1n) is 2.22. The lowest BCUT2D eigenvalue weighted by molar-refractivity contribution is 0.300. The third-order valence-corrected chi connectivity index (χ3v) is 0.722. The van der Waals surface area contributed by atoms with E-state index < -0.39 is 0 Å². The van der Waals surface area contributed by atoms with Crippen molar-refractivity contribution in [1.82, 2.24) is 0 Å². The average Bonchev–Trinajstić information content (AvgIpc) is 1.68. The Morgan fingerprint density at radius 1 is 1.71 bits per heavy atom. The van der Waals surface area contributed by atoms with Gasteiger partial charge in [-0.2, -0.15) is 0 Å². The van der Waals surface area contributed by atoms with Crippen LogP contribution in [0.4, 0.5) is 0 Å². The second-order valence-electron chi connectivity index (χ2n) is 1.34. The molecule has 0 saturated carbocycles. The summed E-state index contributed by atoms with van der Waals surface area (Å²) in [6.07, 6.45) is 2.29. The molecule has 0 aromatic heterocycles. The second-order valence-corrected chi connectivity index (χ2v) is 1.34. The minimum Gasteiger partial charge on any atom is -0.396 e. The van der Waals surface area contributed by atoms with E-state index in [-0.39, 0.29) is 6.61 Å². The van der Waals surface area contributed by atoms with E-state index in [1.165, 1.54) is 0 Å². The van der Waals surface area contributed by atoms with E-state index in [1.807, 2.05) is 0 Å². The van der Waals surface area contributed by atoms with Crippen molar-refractivity contribution in [3.8, 4) is 0 Å². The van der Waals surface area contributed by atoms with Gasteiger partial charge in [0.05, 0.1) is 0 Å². The highest BCUT2D eigenvalue weighted by molar-refractivity contribution is 5.10. The highest BCUT2D eigenvalue weighted by atomic mass is 16.2. The lowest BCUT2D eigenvalue weighted by Crippen LogP contribution is -1.81. The van der Waals surface area contributed by atoms with E-state index in [4.69, 9.17) is 5.11 Å². The van der Waals surface area contributed by atoms with Crippen molar-refractivity contribution in [2.45, 2.75) is 6.42 Å². The Kier molecular flexibility index (Phi) is 3.33. The van der Waals surface area contributed by atoms with Gasteiger partial charge in [-0.1, -0.05) is 24.8 Å². The molecule has 1 heteroatoms. The van der Waals surface area contributed by atoms with Gasteiger partial charge in [0, 0.05) is 6.61 Å². The van der Waals surface area contributed by atoms with Crippen LogP contribution in [0.3, 0.4) is 0 Å². The Morgan fingerprint density at radius 3 is 2.43 bits per heavy atom. The molecule has 0 aliphatic carbocycles. The lowest BCUT2D eigenvalue weighted by atomic mass is 10.2. The van der Waals surface area contributed by atoms with Crippen LogP contribution in [0, 0.1) is 0 Å². The van der Waals surface area contributed by atoms with Crippen LogP contribution in [0.5, 0.6) is 0 Å². The summed E-state index contributed by atoms with van der Waals surface area (Å²) in [5, 5.41) is 8.26. The van der Waals surface area contributed by atoms with Crippen LogP contribution in [-0.2, 0) is 0 Å². The maximum absolute atomic E-state index is 8.26. The Hall–Kier alpha value is -0.560.